The monoisotopic (exact) mass is 315 g/mol. The van der Waals surface area contributed by atoms with Gasteiger partial charge in [-0.2, -0.15) is 0 Å². The third kappa shape index (κ3) is 7.49. The zero-order valence-corrected chi connectivity index (χ0v) is 11.1. The zero-order valence-electron chi connectivity index (χ0n) is 8.96. The van der Waals surface area contributed by atoms with E-state index in [4.69, 9.17) is 4.74 Å². The highest BCUT2D eigenvalue weighted by molar-refractivity contribution is 14.1. The van der Waals surface area contributed by atoms with Crippen molar-refractivity contribution in [2.45, 2.75) is 30.6 Å². The van der Waals surface area contributed by atoms with Crippen molar-refractivity contribution in [3.05, 3.63) is 10.1 Å². The van der Waals surface area contributed by atoms with E-state index in [9.17, 15) is 10.1 Å². The molecule has 0 aliphatic rings. The van der Waals surface area contributed by atoms with Crippen molar-refractivity contribution in [3.8, 4) is 0 Å². The first-order chi connectivity index (χ1) is 6.34. The molecule has 0 heterocycles. The highest BCUT2D eigenvalue weighted by Gasteiger charge is 2.21. The fourth-order valence-corrected chi connectivity index (χ4v) is 1.16. The van der Waals surface area contributed by atoms with Gasteiger partial charge in [-0.1, -0.05) is 43.4 Å². The van der Waals surface area contributed by atoms with Crippen molar-refractivity contribution in [2.24, 2.45) is 5.92 Å². The van der Waals surface area contributed by atoms with Gasteiger partial charge in [-0.15, -0.1) is 0 Å². The lowest BCUT2D eigenvalue weighted by Gasteiger charge is -2.24. The van der Waals surface area contributed by atoms with Crippen LogP contribution in [0.25, 0.3) is 0 Å². The molecule has 0 aromatic carbocycles. The summed E-state index contributed by atoms with van der Waals surface area (Å²) in [6.45, 7) is 7.26. The number of nitrogens with zero attached hydrogens (tertiary/aromatic N) is 1. The second kappa shape index (κ2) is 6.55. The van der Waals surface area contributed by atoms with Crippen molar-refractivity contribution < 1.29 is 9.66 Å². The molecule has 0 amide bonds. The van der Waals surface area contributed by atoms with Gasteiger partial charge in [0.05, 0.1) is 0 Å². The van der Waals surface area contributed by atoms with Gasteiger partial charge in [0.15, 0.2) is 0 Å². The molecule has 0 unspecified atom stereocenters. The molecule has 14 heavy (non-hydrogen) atoms. The van der Waals surface area contributed by atoms with Gasteiger partial charge < -0.3 is 4.74 Å². The van der Waals surface area contributed by atoms with Crippen LogP contribution < -0.4 is 0 Å². The van der Waals surface area contributed by atoms with E-state index in [1.165, 1.54) is 0 Å². The Morgan fingerprint density at radius 3 is 2.50 bits per heavy atom. The molecule has 0 aromatic heterocycles. The van der Waals surface area contributed by atoms with Crippen molar-refractivity contribution in [1.29, 1.82) is 0 Å². The maximum absolute atomic E-state index is 9.98. The van der Waals surface area contributed by atoms with Gasteiger partial charge in [0.2, 0.25) is 6.54 Å². The van der Waals surface area contributed by atoms with E-state index in [1.807, 2.05) is 0 Å². The number of nitro groups is 1. The first-order valence-corrected chi connectivity index (χ1v) is 5.80. The summed E-state index contributed by atoms with van der Waals surface area (Å²) in [7, 11) is 0. The lowest BCUT2D eigenvalue weighted by molar-refractivity contribution is -0.483. The molecule has 1 atom stereocenters. The summed E-state index contributed by atoms with van der Waals surface area (Å²) in [5.41, 5.74) is 0. The van der Waals surface area contributed by atoms with Crippen LogP contribution in [0, 0.1) is 16.0 Å². The normalized spacial score (nSPS) is 14.0. The number of hydrogen-bond donors (Lipinski definition) is 0. The van der Waals surface area contributed by atoms with E-state index in [2.05, 4.69) is 43.4 Å². The Hall–Kier alpha value is 0.0900. The molecule has 0 saturated heterocycles. The summed E-state index contributed by atoms with van der Waals surface area (Å²) in [6.07, 6.45) is 0.952. The average molecular weight is 315 g/mol. The minimum absolute atomic E-state index is 0.0952. The largest absolute Gasteiger partial charge is 0.375 e. The summed E-state index contributed by atoms with van der Waals surface area (Å²) in [5, 5.41) is 9.98. The third-order valence-electron chi connectivity index (χ3n) is 2.29. The van der Waals surface area contributed by atoms with E-state index < -0.39 is 0 Å². The molecule has 0 radical (unpaired) electrons. The molecule has 4 nitrogen and oxygen atoms in total. The highest BCUT2D eigenvalue weighted by atomic mass is 127. The minimum Gasteiger partial charge on any atom is -0.375 e. The number of ether oxygens (including phenoxy) is 1. The SMILES string of the molecule is C[C@H](CCOCC[N+](=O)[O-])C(C)(C)I. The molecular weight excluding hydrogens is 297 g/mol. The number of rotatable bonds is 7. The first kappa shape index (κ1) is 14.1. The molecule has 0 fully saturated rings. The van der Waals surface area contributed by atoms with E-state index in [0.29, 0.717) is 12.5 Å². The van der Waals surface area contributed by atoms with Crippen LogP contribution in [-0.2, 0) is 4.74 Å². The molecule has 0 aliphatic heterocycles. The molecule has 0 saturated carbocycles. The van der Waals surface area contributed by atoms with Crippen LogP contribution in [0.4, 0.5) is 0 Å². The minimum atomic E-state index is -0.355. The van der Waals surface area contributed by atoms with Crippen molar-refractivity contribution in [1.82, 2.24) is 0 Å². The first-order valence-electron chi connectivity index (χ1n) is 4.72. The summed E-state index contributed by atoms with van der Waals surface area (Å²) in [4.78, 5) is 9.62. The van der Waals surface area contributed by atoms with E-state index in [1.54, 1.807) is 0 Å². The summed E-state index contributed by atoms with van der Waals surface area (Å²) >= 11 is 2.41. The maximum Gasteiger partial charge on any atom is 0.226 e. The van der Waals surface area contributed by atoms with Crippen LogP contribution in [0.15, 0.2) is 0 Å². The topological polar surface area (TPSA) is 52.4 Å². The van der Waals surface area contributed by atoms with E-state index >= 15 is 0 Å². The maximum atomic E-state index is 9.98. The molecule has 0 aromatic rings. The van der Waals surface area contributed by atoms with Crippen LogP contribution in [0.1, 0.15) is 27.2 Å². The number of alkyl halides is 1. The van der Waals surface area contributed by atoms with Crippen molar-refractivity contribution >= 4 is 22.6 Å². The quantitative estimate of drug-likeness (QED) is 0.238. The Morgan fingerprint density at radius 2 is 2.07 bits per heavy atom. The van der Waals surface area contributed by atoms with Gasteiger partial charge in [0, 0.05) is 15.0 Å². The van der Waals surface area contributed by atoms with Crippen LogP contribution in [-0.4, -0.2) is 28.1 Å². The molecule has 84 valence electrons. The average Bonchev–Trinajstić information content (AvgIpc) is 2.01. The molecular formula is C9H18INO3. The predicted octanol–water partition coefficient (Wildman–Crippen LogP) is 2.52. The Kier molecular flexibility index (Phi) is 6.59. The Morgan fingerprint density at radius 1 is 1.50 bits per heavy atom. The highest BCUT2D eigenvalue weighted by Crippen LogP contribution is 2.29. The van der Waals surface area contributed by atoms with Crippen LogP contribution in [0.5, 0.6) is 0 Å². The third-order valence-corrected chi connectivity index (χ3v) is 3.35. The molecule has 5 heteroatoms. The number of hydrogen-bond acceptors (Lipinski definition) is 3. The summed E-state index contributed by atoms with van der Waals surface area (Å²) < 4.78 is 5.42. The lowest BCUT2D eigenvalue weighted by atomic mass is 9.95. The van der Waals surface area contributed by atoms with E-state index in [0.717, 1.165) is 6.42 Å². The van der Waals surface area contributed by atoms with Crippen molar-refractivity contribution in [2.75, 3.05) is 19.8 Å². The second-order valence-electron chi connectivity index (χ2n) is 3.92. The van der Waals surface area contributed by atoms with E-state index in [-0.39, 0.29) is 21.5 Å². The number of halogens is 1. The van der Waals surface area contributed by atoms with Gasteiger partial charge >= 0.3 is 0 Å². The molecule has 0 bridgehead atoms. The lowest BCUT2D eigenvalue weighted by Crippen LogP contribution is -2.22. The van der Waals surface area contributed by atoms with Gasteiger partial charge in [-0.25, -0.2) is 0 Å². The molecule has 0 spiro atoms. The Balaban J connectivity index is 3.41. The van der Waals surface area contributed by atoms with Gasteiger partial charge in [0.1, 0.15) is 6.61 Å². The fraction of sp³-hybridized carbons (Fsp3) is 1.00. The van der Waals surface area contributed by atoms with Gasteiger partial charge in [-0.3, -0.25) is 10.1 Å². The van der Waals surface area contributed by atoms with Crippen LogP contribution >= 0.6 is 22.6 Å². The van der Waals surface area contributed by atoms with Gasteiger partial charge in [-0.05, 0) is 12.3 Å². The molecule has 0 N–H and O–H groups in total. The fourth-order valence-electron chi connectivity index (χ4n) is 0.844. The predicted molar refractivity (Wildman–Crippen MR) is 64.6 cm³/mol. The summed E-state index contributed by atoms with van der Waals surface area (Å²) in [6, 6.07) is 0. The molecule has 0 aliphatic carbocycles. The van der Waals surface area contributed by atoms with Crippen LogP contribution in [0.2, 0.25) is 0 Å². The molecule has 0 rings (SSSR count). The Bertz CT molecular complexity index is 179. The Labute approximate surface area is 98.7 Å². The zero-order chi connectivity index (χ0) is 11.2. The van der Waals surface area contributed by atoms with Crippen molar-refractivity contribution in [3.63, 3.8) is 0 Å². The van der Waals surface area contributed by atoms with Gasteiger partial charge in [0.25, 0.3) is 0 Å². The smallest absolute Gasteiger partial charge is 0.226 e. The van der Waals surface area contributed by atoms with Crippen LogP contribution in [0.3, 0.4) is 0 Å². The standard InChI is InChI=1S/C9H18INO3/c1-8(9(2,3)10)4-6-14-7-5-11(12)13/h8H,4-7H2,1-3H3/t8-/m1/s1. The summed E-state index contributed by atoms with van der Waals surface area (Å²) in [5.74, 6) is 0.554. The second-order valence-corrected chi connectivity index (χ2v) is 6.70.